The molecule has 11 heteroatoms. The minimum atomic E-state index is -3.40. The molecular formula is C12H18N6O4S. The molecule has 1 N–H and O–H groups in total. The lowest BCUT2D eigenvalue weighted by atomic mass is 10.3. The number of hydrogen-bond donors (Lipinski definition) is 1. The van der Waals surface area contributed by atoms with E-state index in [1.165, 1.54) is 7.05 Å². The second kappa shape index (κ2) is 6.87. The van der Waals surface area contributed by atoms with Gasteiger partial charge in [0.05, 0.1) is 31.1 Å². The van der Waals surface area contributed by atoms with Gasteiger partial charge >= 0.3 is 0 Å². The van der Waals surface area contributed by atoms with E-state index in [-0.39, 0.29) is 19.0 Å². The molecule has 10 nitrogen and oxygen atoms in total. The third kappa shape index (κ3) is 4.60. The summed E-state index contributed by atoms with van der Waals surface area (Å²) in [4.78, 5) is 15.8. The summed E-state index contributed by atoms with van der Waals surface area (Å²) in [6.45, 7) is 2.44. The van der Waals surface area contributed by atoms with Crippen LogP contribution in [0, 0.1) is 0 Å². The van der Waals surface area contributed by atoms with Crippen LogP contribution in [-0.2, 0) is 27.9 Å². The van der Waals surface area contributed by atoms with E-state index in [0.717, 1.165) is 17.1 Å². The minimum absolute atomic E-state index is 0.0192. The Morgan fingerprint density at radius 1 is 1.48 bits per heavy atom. The summed E-state index contributed by atoms with van der Waals surface area (Å²) in [5.41, 5.74) is 0.713. The van der Waals surface area contributed by atoms with E-state index in [1.807, 2.05) is 6.92 Å². The van der Waals surface area contributed by atoms with Crippen molar-refractivity contribution in [3.05, 3.63) is 18.3 Å². The summed E-state index contributed by atoms with van der Waals surface area (Å²) in [5.74, 6) is 0.137. The summed E-state index contributed by atoms with van der Waals surface area (Å²) < 4.78 is 30.2. The fourth-order valence-corrected chi connectivity index (χ4v) is 2.00. The topological polar surface area (TPSA) is 123 Å². The second-order valence-corrected chi connectivity index (χ2v) is 6.98. The molecule has 23 heavy (non-hydrogen) atoms. The van der Waals surface area contributed by atoms with Gasteiger partial charge in [0.2, 0.25) is 27.6 Å². The zero-order valence-electron chi connectivity index (χ0n) is 13.1. The molecule has 0 saturated heterocycles. The van der Waals surface area contributed by atoms with Crippen LogP contribution in [0.4, 0.5) is 0 Å². The van der Waals surface area contributed by atoms with Crippen LogP contribution in [-0.4, -0.2) is 58.4 Å². The van der Waals surface area contributed by atoms with Gasteiger partial charge in [0, 0.05) is 19.8 Å². The molecule has 2 aromatic rings. The minimum Gasteiger partial charge on any atom is -0.346 e. The van der Waals surface area contributed by atoms with Crippen LogP contribution < -0.4 is 5.32 Å². The van der Waals surface area contributed by atoms with Crippen LogP contribution in [0.15, 0.2) is 16.9 Å². The van der Waals surface area contributed by atoms with Crippen LogP contribution >= 0.6 is 0 Å². The number of nitrogens with one attached hydrogen (secondary N) is 1. The molecule has 0 aromatic carbocycles. The van der Waals surface area contributed by atoms with E-state index in [0.29, 0.717) is 11.4 Å². The first kappa shape index (κ1) is 17.1. The highest BCUT2D eigenvalue weighted by Gasteiger charge is 2.16. The number of sulfonamides is 1. The number of rotatable bonds is 7. The van der Waals surface area contributed by atoms with E-state index < -0.39 is 15.9 Å². The lowest BCUT2D eigenvalue weighted by Crippen LogP contribution is -2.37. The average Bonchev–Trinajstić information content (AvgIpc) is 3.12. The quantitative estimate of drug-likeness (QED) is 0.716. The Balaban J connectivity index is 1.91. The molecular weight excluding hydrogens is 324 g/mol. The molecule has 0 saturated carbocycles. The Morgan fingerprint density at radius 2 is 2.22 bits per heavy atom. The standard InChI is InChI=1S/C12H18N6O4S/c1-4-18-7-9(5-14-18)12-15-11(22-16-12)6-13-10(19)8-17(2)23(3,20)21/h5,7H,4,6,8H2,1-3H3,(H,13,19). The van der Waals surface area contributed by atoms with Crippen LogP contribution in [0.5, 0.6) is 0 Å². The van der Waals surface area contributed by atoms with Gasteiger partial charge in [-0.2, -0.15) is 14.4 Å². The highest BCUT2D eigenvalue weighted by Crippen LogP contribution is 2.14. The van der Waals surface area contributed by atoms with Gasteiger partial charge in [-0.25, -0.2) is 8.42 Å². The first-order chi connectivity index (χ1) is 10.8. The van der Waals surface area contributed by atoms with Crippen LogP contribution in [0.25, 0.3) is 11.4 Å². The SMILES string of the molecule is CCn1cc(-c2noc(CNC(=O)CN(C)S(C)(=O)=O)n2)cn1. The number of carbonyl (C=O) groups is 1. The van der Waals surface area contributed by atoms with Gasteiger partial charge in [-0.15, -0.1) is 0 Å². The van der Waals surface area contributed by atoms with Gasteiger partial charge < -0.3 is 9.84 Å². The monoisotopic (exact) mass is 342 g/mol. The zero-order chi connectivity index (χ0) is 17.0. The lowest BCUT2D eigenvalue weighted by molar-refractivity contribution is -0.121. The highest BCUT2D eigenvalue weighted by molar-refractivity contribution is 7.88. The molecule has 0 unspecified atom stereocenters. The van der Waals surface area contributed by atoms with Gasteiger partial charge in [0.15, 0.2) is 0 Å². The summed E-state index contributed by atoms with van der Waals surface area (Å²) in [6, 6.07) is 0. The van der Waals surface area contributed by atoms with Crippen molar-refractivity contribution < 1.29 is 17.7 Å². The number of aromatic nitrogens is 4. The van der Waals surface area contributed by atoms with Gasteiger partial charge in [-0.05, 0) is 6.92 Å². The Bertz CT molecular complexity index is 781. The summed E-state index contributed by atoms with van der Waals surface area (Å²) in [5, 5.41) is 10.4. The van der Waals surface area contributed by atoms with E-state index in [2.05, 4.69) is 20.6 Å². The van der Waals surface area contributed by atoms with Gasteiger partial charge in [0.25, 0.3) is 0 Å². The maximum atomic E-state index is 11.7. The number of nitrogens with zero attached hydrogens (tertiary/aromatic N) is 5. The first-order valence-electron chi connectivity index (χ1n) is 6.83. The Hall–Kier alpha value is -2.27. The normalized spacial score (nSPS) is 11.8. The largest absolute Gasteiger partial charge is 0.346 e. The maximum Gasteiger partial charge on any atom is 0.246 e. The Kier molecular flexibility index (Phi) is 5.11. The van der Waals surface area contributed by atoms with Crippen molar-refractivity contribution in [3.63, 3.8) is 0 Å². The molecule has 2 heterocycles. The van der Waals surface area contributed by atoms with Crippen LogP contribution in [0.1, 0.15) is 12.8 Å². The fraction of sp³-hybridized carbons (Fsp3) is 0.500. The van der Waals surface area contributed by atoms with E-state index >= 15 is 0 Å². The number of amides is 1. The molecule has 0 aliphatic carbocycles. The Labute approximate surface area is 133 Å². The number of likely N-dealkylation sites (N-methyl/N-ethyl adjacent to an activating group) is 1. The molecule has 1 amide bonds. The number of aryl methyl sites for hydroxylation is 1. The van der Waals surface area contributed by atoms with E-state index in [9.17, 15) is 13.2 Å². The summed E-state index contributed by atoms with van der Waals surface area (Å²) in [6.07, 6.45) is 4.44. The molecule has 0 atom stereocenters. The number of hydrogen-bond acceptors (Lipinski definition) is 7. The molecule has 0 aliphatic heterocycles. The fourth-order valence-electron chi connectivity index (χ4n) is 1.65. The van der Waals surface area contributed by atoms with Crippen molar-refractivity contribution >= 4 is 15.9 Å². The molecule has 0 aliphatic rings. The summed E-state index contributed by atoms with van der Waals surface area (Å²) in [7, 11) is -2.08. The molecule has 0 bridgehead atoms. The third-order valence-electron chi connectivity index (χ3n) is 3.05. The number of carbonyl (C=O) groups excluding carboxylic acids is 1. The van der Waals surface area contributed by atoms with Gasteiger partial charge in [0.1, 0.15) is 0 Å². The lowest BCUT2D eigenvalue weighted by Gasteiger charge is -2.12. The second-order valence-electron chi connectivity index (χ2n) is 4.89. The predicted octanol–water partition coefficient (Wildman–Crippen LogP) is -0.539. The molecule has 0 spiro atoms. The van der Waals surface area contributed by atoms with E-state index in [4.69, 9.17) is 4.52 Å². The molecule has 0 fully saturated rings. The van der Waals surface area contributed by atoms with Crippen molar-refractivity contribution in [2.24, 2.45) is 0 Å². The van der Waals surface area contributed by atoms with Gasteiger partial charge in [-0.1, -0.05) is 5.16 Å². The van der Waals surface area contributed by atoms with Crippen molar-refractivity contribution in [2.45, 2.75) is 20.0 Å². The maximum absolute atomic E-state index is 11.7. The van der Waals surface area contributed by atoms with Crippen molar-refractivity contribution in [1.29, 1.82) is 0 Å². The predicted molar refractivity (Wildman–Crippen MR) is 80.5 cm³/mol. The molecule has 126 valence electrons. The average molecular weight is 342 g/mol. The zero-order valence-corrected chi connectivity index (χ0v) is 13.9. The summed E-state index contributed by atoms with van der Waals surface area (Å²) >= 11 is 0. The van der Waals surface area contributed by atoms with E-state index in [1.54, 1.807) is 17.1 Å². The first-order valence-corrected chi connectivity index (χ1v) is 8.68. The van der Waals surface area contributed by atoms with Crippen molar-refractivity contribution in [2.75, 3.05) is 19.8 Å². The Morgan fingerprint density at radius 3 is 2.83 bits per heavy atom. The molecule has 2 aromatic heterocycles. The third-order valence-corrected chi connectivity index (χ3v) is 4.31. The highest BCUT2D eigenvalue weighted by atomic mass is 32.2. The van der Waals surface area contributed by atoms with Crippen LogP contribution in [0.2, 0.25) is 0 Å². The molecule has 0 radical (unpaired) electrons. The molecule has 2 rings (SSSR count). The van der Waals surface area contributed by atoms with Gasteiger partial charge in [-0.3, -0.25) is 9.48 Å². The van der Waals surface area contributed by atoms with Crippen molar-refractivity contribution in [3.8, 4) is 11.4 Å². The van der Waals surface area contributed by atoms with Crippen molar-refractivity contribution in [1.82, 2.24) is 29.5 Å². The van der Waals surface area contributed by atoms with Crippen LogP contribution in [0.3, 0.4) is 0 Å². The smallest absolute Gasteiger partial charge is 0.246 e.